The van der Waals surface area contributed by atoms with E-state index in [0.717, 1.165) is 0 Å². The summed E-state index contributed by atoms with van der Waals surface area (Å²) in [6.07, 6.45) is 0.727. The molecule has 2 rings (SSSR count). The summed E-state index contributed by atoms with van der Waals surface area (Å²) in [6, 6.07) is 3.48. The highest BCUT2D eigenvalue weighted by atomic mass is 32.1. The summed E-state index contributed by atoms with van der Waals surface area (Å²) in [5.74, 6) is -0.314. The van der Waals surface area contributed by atoms with Crippen molar-refractivity contribution in [2.75, 3.05) is 5.32 Å². The number of rotatable bonds is 5. The van der Waals surface area contributed by atoms with Crippen molar-refractivity contribution in [2.45, 2.75) is 32.9 Å². The van der Waals surface area contributed by atoms with Gasteiger partial charge >= 0.3 is 5.97 Å². The van der Waals surface area contributed by atoms with Gasteiger partial charge in [-0.1, -0.05) is 0 Å². The number of esters is 1. The lowest BCUT2D eigenvalue weighted by molar-refractivity contribution is -0.123. The Morgan fingerprint density at radius 2 is 2.10 bits per heavy atom. The third-order valence-electron chi connectivity index (χ3n) is 2.82. The van der Waals surface area contributed by atoms with E-state index in [1.807, 2.05) is 13.8 Å². The molecule has 0 bridgehead atoms. The van der Waals surface area contributed by atoms with E-state index in [4.69, 9.17) is 4.74 Å². The molecule has 2 heterocycles. The molecule has 7 heteroatoms. The van der Waals surface area contributed by atoms with Gasteiger partial charge in [0.2, 0.25) is 0 Å². The number of anilines is 1. The lowest BCUT2D eigenvalue weighted by Gasteiger charge is -2.15. The van der Waals surface area contributed by atoms with E-state index in [-0.39, 0.29) is 11.9 Å². The number of amides is 1. The highest BCUT2D eigenvalue weighted by Crippen LogP contribution is 2.14. The molecule has 0 radical (unpaired) electrons. The van der Waals surface area contributed by atoms with Crippen LogP contribution in [0.15, 0.2) is 29.1 Å². The second-order valence-corrected chi connectivity index (χ2v) is 5.58. The zero-order valence-corrected chi connectivity index (χ0v) is 12.9. The van der Waals surface area contributed by atoms with Gasteiger partial charge in [0.1, 0.15) is 5.82 Å². The van der Waals surface area contributed by atoms with Gasteiger partial charge < -0.3 is 10.1 Å². The molecule has 112 valence electrons. The lowest BCUT2D eigenvalue weighted by atomic mass is 10.3. The fourth-order valence-corrected chi connectivity index (χ4v) is 2.34. The first-order chi connectivity index (χ1) is 9.99. The summed E-state index contributed by atoms with van der Waals surface area (Å²) in [5.41, 5.74) is 0.451. The van der Waals surface area contributed by atoms with Crippen molar-refractivity contribution < 1.29 is 14.3 Å². The van der Waals surface area contributed by atoms with Crippen LogP contribution in [0.3, 0.4) is 0 Å². The van der Waals surface area contributed by atoms with Crippen molar-refractivity contribution in [1.29, 1.82) is 0 Å². The Balaban J connectivity index is 1.96. The molecular weight excluding hydrogens is 290 g/mol. The van der Waals surface area contributed by atoms with Gasteiger partial charge in [0, 0.05) is 17.5 Å². The zero-order chi connectivity index (χ0) is 15.4. The molecule has 1 atom stereocenters. The maximum atomic E-state index is 12.1. The van der Waals surface area contributed by atoms with Gasteiger partial charge in [0.05, 0.1) is 11.8 Å². The normalized spacial score (nSPS) is 12.2. The molecular formula is C14H17N3O3S. The van der Waals surface area contributed by atoms with Gasteiger partial charge in [0.15, 0.2) is 6.10 Å². The molecule has 0 aliphatic carbocycles. The average molecular weight is 307 g/mol. The molecule has 0 aliphatic heterocycles. The summed E-state index contributed by atoms with van der Waals surface area (Å²) in [7, 11) is 0. The first-order valence-corrected chi connectivity index (χ1v) is 7.51. The van der Waals surface area contributed by atoms with E-state index in [1.165, 1.54) is 18.3 Å². The highest BCUT2D eigenvalue weighted by Gasteiger charge is 2.20. The van der Waals surface area contributed by atoms with Crippen LogP contribution < -0.4 is 5.32 Å². The van der Waals surface area contributed by atoms with E-state index in [1.54, 1.807) is 33.8 Å². The first-order valence-electron chi connectivity index (χ1n) is 6.56. The Kier molecular flexibility index (Phi) is 4.74. The van der Waals surface area contributed by atoms with Gasteiger partial charge in [-0.05, 0) is 32.2 Å². The molecule has 1 amide bonds. The maximum Gasteiger partial charge on any atom is 0.339 e. The van der Waals surface area contributed by atoms with Gasteiger partial charge in [-0.2, -0.15) is 16.4 Å². The summed E-state index contributed by atoms with van der Waals surface area (Å²) < 4.78 is 6.82. The van der Waals surface area contributed by atoms with Crippen molar-refractivity contribution in [1.82, 2.24) is 9.78 Å². The van der Waals surface area contributed by atoms with Crippen LogP contribution in [0.25, 0.3) is 0 Å². The molecule has 1 unspecified atom stereocenters. The second kappa shape index (κ2) is 6.53. The summed E-state index contributed by atoms with van der Waals surface area (Å²) >= 11 is 1.40. The van der Waals surface area contributed by atoms with E-state index < -0.39 is 12.1 Å². The maximum absolute atomic E-state index is 12.1. The topological polar surface area (TPSA) is 73.2 Å². The van der Waals surface area contributed by atoms with Crippen LogP contribution in [-0.4, -0.2) is 27.8 Å². The Labute approximate surface area is 126 Å². The van der Waals surface area contributed by atoms with Gasteiger partial charge in [0.25, 0.3) is 5.91 Å². The quantitative estimate of drug-likeness (QED) is 0.862. The molecule has 0 spiro atoms. The fourth-order valence-electron chi connectivity index (χ4n) is 1.72. The van der Waals surface area contributed by atoms with E-state index in [9.17, 15) is 9.59 Å². The number of ether oxygens (including phenoxy) is 1. The fraction of sp³-hybridized carbons (Fsp3) is 0.357. The third kappa shape index (κ3) is 3.69. The van der Waals surface area contributed by atoms with Crippen molar-refractivity contribution >= 4 is 29.0 Å². The Morgan fingerprint density at radius 3 is 2.71 bits per heavy atom. The van der Waals surface area contributed by atoms with Gasteiger partial charge in [-0.25, -0.2) is 9.48 Å². The molecule has 2 aromatic rings. The number of carbonyl (C=O) groups is 2. The smallest absolute Gasteiger partial charge is 0.339 e. The van der Waals surface area contributed by atoms with Crippen LogP contribution in [0.4, 0.5) is 5.82 Å². The monoisotopic (exact) mass is 307 g/mol. The molecule has 0 fully saturated rings. The second-order valence-electron chi connectivity index (χ2n) is 4.80. The Bertz CT molecular complexity index is 619. The SMILES string of the molecule is CC(OC(=O)c1ccsc1)C(=O)Nc1ccnn1C(C)C. The van der Waals surface area contributed by atoms with Crippen molar-refractivity contribution in [2.24, 2.45) is 0 Å². The van der Waals surface area contributed by atoms with E-state index in [0.29, 0.717) is 11.4 Å². The Morgan fingerprint density at radius 1 is 1.33 bits per heavy atom. The number of nitrogens with zero attached hydrogens (tertiary/aromatic N) is 2. The first kappa shape index (κ1) is 15.2. The number of nitrogens with one attached hydrogen (secondary N) is 1. The number of hydrogen-bond acceptors (Lipinski definition) is 5. The molecule has 6 nitrogen and oxygen atoms in total. The summed E-state index contributed by atoms with van der Waals surface area (Å²) in [4.78, 5) is 23.8. The average Bonchev–Trinajstić information content (AvgIpc) is 3.09. The number of carbonyl (C=O) groups excluding carboxylic acids is 2. The molecule has 0 saturated heterocycles. The minimum Gasteiger partial charge on any atom is -0.449 e. The summed E-state index contributed by atoms with van der Waals surface area (Å²) in [6.45, 7) is 5.46. The van der Waals surface area contributed by atoms with Gasteiger partial charge in [-0.3, -0.25) is 4.79 Å². The van der Waals surface area contributed by atoms with Crippen LogP contribution >= 0.6 is 11.3 Å². The van der Waals surface area contributed by atoms with E-state index in [2.05, 4.69) is 10.4 Å². The predicted octanol–water partition coefficient (Wildman–Crippen LogP) is 2.71. The highest BCUT2D eigenvalue weighted by molar-refractivity contribution is 7.08. The predicted molar refractivity (Wildman–Crippen MR) is 80.4 cm³/mol. The molecule has 0 aromatic carbocycles. The van der Waals surface area contributed by atoms with Crippen LogP contribution in [0.2, 0.25) is 0 Å². The van der Waals surface area contributed by atoms with Crippen molar-refractivity contribution in [3.63, 3.8) is 0 Å². The summed E-state index contributed by atoms with van der Waals surface area (Å²) in [5, 5.41) is 10.3. The third-order valence-corrected chi connectivity index (χ3v) is 3.50. The van der Waals surface area contributed by atoms with E-state index >= 15 is 0 Å². The minimum atomic E-state index is -0.882. The lowest BCUT2D eigenvalue weighted by Crippen LogP contribution is -2.30. The standard InChI is InChI=1S/C14H17N3O3S/c1-9(2)17-12(4-6-15-17)16-13(18)10(3)20-14(19)11-5-7-21-8-11/h4-10H,1-3H3,(H,16,18). The molecule has 2 aromatic heterocycles. The van der Waals surface area contributed by atoms with Gasteiger partial charge in [-0.15, -0.1) is 0 Å². The number of aromatic nitrogens is 2. The molecule has 21 heavy (non-hydrogen) atoms. The minimum absolute atomic E-state index is 0.124. The number of hydrogen-bond donors (Lipinski definition) is 1. The van der Waals surface area contributed by atoms with Crippen LogP contribution in [-0.2, 0) is 9.53 Å². The van der Waals surface area contributed by atoms with Crippen LogP contribution in [0.1, 0.15) is 37.2 Å². The molecule has 0 saturated carbocycles. The largest absolute Gasteiger partial charge is 0.449 e. The van der Waals surface area contributed by atoms with Crippen LogP contribution in [0, 0.1) is 0 Å². The zero-order valence-electron chi connectivity index (χ0n) is 12.1. The Hall–Kier alpha value is -2.15. The molecule has 1 N–H and O–H groups in total. The van der Waals surface area contributed by atoms with Crippen LogP contribution in [0.5, 0.6) is 0 Å². The number of thiophene rings is 1. The van der Waals surface area contributed by atoms with Crippen molar-refractivity contribution in [3.05, 3.63) is 34.7 Å². The van der Waals surface area contributed by atoms with Crippen molar-refractivity contribution in [3.8, 4) is 0 Å². The molecule has 0 aliphatic rings.